The molecule has 0 spiro atoms. The largest absolute Gasteiger partial charge is 0.493 e. The molecule has 4 N–H and O–H groups in total. The fourth-order valence-corrected chi connectivity index (χ4v) is 5.31. The summed E-state index contributed by atoms with van der Waals surface area (Å²) in [6.07, 6.45) is -5.04. The van der Waals surface area contributed by atoms with Crippen molar-refractivity contribution in [1.82, 2.24) is 10.9 Å². The molecule has 0 aliphatic rings. The Bertz CT molecular complexity index is 2350. The lowest BCUT2D eigenvalue weighted by molar-refractivity contribution is -0.159. The maximum Gasteiger partial charge on any atom is 0.349 e. The highest BCUT2D eigenvalue weighted by atomic mass is 16.6. The number of hydrogen-bond acceptors (Lipinski definition) is 17. The molecule has 0 heterocycles. The average molecular weight is 862 g/mol. The van der Waals surface area contributed by atoms with E-state index in [4.69, 9.17) is 42.6 Å². The van der Waals surface area contributed by atoms with Crippen molar-refractivity contribution >= 4 is 53.3 Å². The molecule has 326 valence electrons. The molecule has 0 unspecified atom stereocenters. The van der Waals surface area contributed by atoms with E-state index in [1.54, 1.807) is 0 Å². The predicted molar refractivity (Wildman–Crippen MR) is 211 cm³/mol. The maximum atomic E-state index is 13.6. The number of hydrogen-bond donors (Lipinski definition) is 4. The van der Waals surface area contributed by atoms with Gasteiger partial charge in [-0.3, -0.25) is 34.8 Å². The topological polar surface area (TPSA) is 276 Å². The molecule has 0 saturated carbocycles. The number of carboxylic acids is 1. The summed E-state index contributed by atoms with van der Waals surface area (Å²) < 4.78 is 46.6. The van der Waals surface area contributed by atoms with Crippen LogP contribution in [0.4, 0.5) is 5.69 Å². The molecule has 21 nitrogen and oxygen atoms in total. The SMILES string of the molecule is COc1cc(C(=O)O[C@H](C(=O)NNC(=O)c2ccc(NC(=O)c3cc(OC)c(OC)c(OC)c3)cc2)[C@@H](OC(=O)c2ccc(OC(C)=O)c(OC)c2)C(=O)O)ccc1OC(C)=O. The molecule has 0 fully saturated rings. The smallest absolute Gasteiger partial charge is 0.349 e. The van der Waals surface area contributed by atoms with Crippen LogP contribution in [0.3, 0.4) is 0 Å². The number of carboxylic acid groups (broad SMARTS) is 1. The summed E-state index contributed by atoms with van der Waals surface area (Å²) in [6, 6.07) is 14.8. The second kappa shape index (κ2) is 21.1. The van der Waals surface area contributed by atoms with Crippen molar-refractivity contribution in [3.63, 3.8) is 0 Å². The summed E-state index contributed by atoms with van der Waals surface area (Å²) >= 11 is 0. The van der Waals surface area contributed by atoms with E-state index in [1.807, 2.05) is 5.43 Å². The summed E-state index contributed by atoms with van der Waals surface area (Å²) in [5, 5.41) is 12.8. The lowest BCUT2D eigenvalue weighted by Crippen LogP contribution is -2.54. The molecule has 2 atom stereocenters. The first-order chi connectivity index (χ1) is 29.5. The van der Waals surface area contributed by atoms with Crippen LogP contribution < -0.4 is 49.3 Å². The quantitative estimate of drug-likeness (QED) is 0.0674. The van der Waals surface area contributed by atoms with Gasteiger partial charge >= 0.3 is 29.8 Å². The minimum Gasteiger partial charge on any atom is -0.493 e. The van der Waals surface area contributed by atoms with Crippen molar-refractivity contribution in [2.75, 3.05) is 40.9 Å². The number of carbonyl (C=O) groups excluding carboxylic acids is 7. The highest BCUT2D eigenvalue weighted by Gasteiger charge is 2.41. The Morgan fingerprint density at radius 3 is 1.34 bits per heavy atom. The summed E-state index contributed by atoms with van der Waals surface area (Å²) in [7, 11) is 6.58. The van der Waals surface area contributed by atoms with Gasteiger partial charge in [0.15, 0.2) is 34.5 Å². The second-order valence-corrected chi connectivity index (χ2v) is 12.3. The average Bonchev–Trinajstić information content (AvgIpc) is 3.25. The predicted octanol–water partition coefficient (Wildman–Crippen LogP) is 3.13. The third-order valence-corrected chi connectivity index (χ3v) is 8.18. The molecule has 0 aliphatic carbocycles. The van der Waals surface area contributed by atoms with Gasteiger partial charge in [0.2, 0.25) is 18.0 Å². The van der Waals surface area contributed by atoms with Gasteiger partial charge in [-0.25, -0.2) is 14.4 Å². The number of esters is 4. The molecule has 0 aliphatic heterocycles. The number of ether oxygens (including phenoxy) is 9. The molecule has 4 aromatic carbocycles. The van der Waals surface area contributed by atoms with Crippen LogP contribution in [0.25, 0.3) is 0 Å². The van der Waals surface area contributed by atoms with E-state index in [0.717, 1.165) is 50.2 Å². The van der Waals surface area contributed by atoms with Crippen LogP contribution in [-0.2, 0) is 28.7 Å². The van der Waals surface area contributed by atoms with E-state index in [1.165, 1.54) is 71.9 Å². The van der Waals surface area contributed by atoms with Crippen molar-refractivity contribution in [2.45, 2.75) is 26.1 Å². The zero-order chi connectivity index (χ0) is 45.7. The fourth-order valence-electron chi connectivity index (χ4n) is 5.31. The standard InChI is InChI=1S/C41H39N3O18/c1-20(45)59-27-14-10-23(16-29(27)54-3)40(52)61-34(35(39(50)51)62-41(53)24-11-15-28(60-21(2)46)30(17-24)55-4)38(49)44-43-37(48)22-8-12-26(13-9-22)42-36(47)25-18-31(56-5)33(58-7)32(19-25)57-6/h8-19,34-35H,1-7H3,(H,42,47)(H,43,48)(H,44,49)(H,50,51)/t34-,35+/m0/s1. The Morgan fingerprint density at radius 2 is 0.919 bits per heavy atom. The van der Waals surface area contributed by atoms with Crippen LogP contribution in [0.5, 0.6) is 40.2 Å². The molecule has 4 aromatic rings. The van der Waals surface area contributed by atoms with Crippen molar-refractivity contribution < 1.29 is 86.1 Å². The van der Waals surface area contributed by atoms with Gasteiger partial charge in [0.25, 0.3) is 17.7 Å². The number of methoxy groups -OCH3 is 5. The van der Waals surface area contributed by atoms with Gasteiger partial charge in [0.1, 0.15) is 0 Å². The Hall–Kier alpha value is -8.36. The van der Waals surface area contributed by atoms with Gasteiger partial charge in [-0.2, -0.15) is 0 Å². The zero-order valence-electron chi connectivity index (χ0n) is 34.0. The molecule has 3 amide bonds. The van der Waals surface area contributed by atoms with Crippen molar-refractivity contribution in [3.05, 3.63) is 95.1 Å². The maximum absolute atomic E-state index is 13.6. The third kappa shape index (κ3) is 11.6. The third-order valence-electron chi connectivity index (χ3n) is 8.18. The van der Waals surface area contributed by atoms with Crippen molar-refractivity contribution in [1.29, 1.82) is 0 Å². The molecule has 0 bridgehead atoms. The molecule has 62 heavy (non-hydrogen) atoms. The normalized spacial score (nSPS) is 11.3. The summed E-state index contributed by atoms with van der Waals surface area (Å²) in [4.78, 5) is 102. The summed E-state index contributed by atoms with van der Waals surface area (Å²) in [5.41, 5.74) is 3.67. The Labute approximate surface area is 352 Å². The van der Waals surface area contributed by atoms with E-state index in [9.17, 15) is 43.5 Å². The number of rotatable bonds is 17. The van der Waals surface area contributed by atoms with Crippen molar-refractivity contribution in [2.24, 2.45) is 0 Å². The van der Waals surface area contributed by atoms with Gasteiger partial charge in [-0.15, -0.1) is 0 Å². The minimum absolute atomic E-state index is 0.0723. The molecular weight excluding hydrogens is 822 g/mol. The first-order valence-electron chi connectivity index (χ1n) is 17.7. The van der Waals surface area contributed by atoms with E-state index in [0.29, 0.717) is 0 Å². The second-order valence-electron chi connectivity index (χ2n) is 12.3. The summed E-state index contributed by atoms with van der Waals surface area (Å²) in [6.45, 7) is 2.24. The highest BCUT2D eigenvalue weighted by molar-refractivity contribution is 6.05. The first-order valence-corrected chi connectivity index (χ1v) is 17.7. The lowest BCUT2D eigenvalue weighted by Gasteiger charge is -2.24. The molecule has 21 heteroatoms. The van der Waals surface area contributed by atoms with Gasteiger partial charge in [-0.05, 0) is 72.8 Å². The first kappa shape index (κ1) is 46.3. The van der Waals surface area contributed by atoms with Crippen LogP contribution in [0.15, 0.2) is 72.8 Å². The highest BCUT2D eigenvalue weighted by Crippen LogP contribution is 2.38. The molecule has 0 saturated heterocycles. The van der Waals surface area contributed by atoms with Gasteiger partial charge < -0.3 is 53.1 Å². The number of benzene rings is 4. The van der Waals surface area contributed by atoms with Crippen LogP contribution in [-0.4, -0.2) is 100 Å². The number of aliphatic carboxylic acids is 1. The Balaban J connectivity index is 1.56. The van der Waals surface area contributed by atoms with Crippen LogP contribution >= 0.6 is 0 Å². The number of carbonyl (C=O) groups is 8. The van der Waals surface area contributed by atoms with Gasteiger partial charge in [0, 0.05) is 30.7 Å². The van der Waals surface area contributed by atoms with Gasteiger partial charge in [-0.1, -0.05) is 0 Å². The van der Waals surface area contributed by atoms with E-state index in [-0.39, 0.29) is 68.2 Å². The Morgan fingerprint density at radius 1 is 0.484 bits per heavy atom. The van der Waals surface area contributed by atoms with Crippen LogP contribution in [0, 0.1) is 0 Å². The van der Waals surface area contributed by atoms with E-state index < -0.39 is 59.8 Å². The molecular formula is C41H39N3O18. The zero-order valence-corrected chi connectivity index (χ0v) is 34.0. The minimum atomic E-state index is -2.56. The van der Waals surface area contributed by atoms with Crippen LogP contribution in [0.1, 0.15) is 55.3 Å². The molecule has 0 aromatic heterocycles. The molecule has 0 radical (unpaired) electrons. The van der Waals surface area contributed by atoms with Crippen molar-refractivity contribution in [3.8, 4) is 40.2 Å². The fraction of sp³-hybridized carbons (Fsp3) is 0.220. The number of amides is 3. The van der Waals surface area contributed by atoms with Gasteiger partial charge in [0.05, 0.1) is 46.7 Å². The van der Waals surface area contributed by atoms with Crippen LogP contribution in [0.2, 0.25) is 0 Å². The Kier molecular flexibility index (Phi) is 15.7. The number of anilines is 1. The molecule has 4 rings (SSSR count). The lowest BCUT2D eigenvalue weighted by atomic mass is 10.1. The van der Waals surface area contributed by atoms with E-state index in [2.05, 4.69) is 10.7 Å². The number of nitrogens with one attached hydrogen (secondary N) is 3. The number of hydrazine groups is 1. The summed E-state index contributed by atoms with van der Waals surface area (Å²) in [5.74, 6) is -8.76. The van der Waals surface area contributed by atoms with E-state index >= 15 is 0 Å². The monoisotopic (exact) mass is 861 g/mol.